The molecule has 2 N–H and O–H groups in total. The molecule has 0 amide bonds. The lowest BCUT2D eigenvalue weighted by Crippen LogP contribution is -2.20. The number of hydrogen-bond donors (Lipinski definition) is 2. The average Bonchev–Trinajstić information content (AvgIpc) is 2.63. The number of benzene rings is 2. The smallest absolute Gasteiger partial charge is 0.287 e. The van der Waals surface area contributed by atoms with E-state index in [4.69, 9.17) is 0 Å². The van der Waals surface area contributed by atoms with Gasteiger partial charge in [-0.2, -0.15) is 0 Å². The normalized spacial score (nSPS) is 10.3. The molecule has 0 fully saturated rings. The lowest BCUT2D eigenvalue weighted by atomic mass is 10.1. The fourth-order valence-electron chi connectivity index (χ4n) is 2.23. The first-order valence-electron chi connectivity index (χ1n) is 7.46. The van der Waals surface area contributed by atoms with E-state index in [0.29, 0.717) is 12.2 Å². The Morgan fingerprint density at radius 2 is 1.71 bits per heavy atom. The van der Waals surface area contributed by atoms with E-state index in [1.54, 1.807) is 6.07 Å². The van der Waals surface area contributed by atoms with Gasteiger partial charge in [-0.15, -0.1) is 0 Å². The molecule has 0 unspecified atom stereocenters. The minimum atomic E-state index is -0.453. The van der Waals surface area contributed by atoms with Crippen molar-refractivity contribution in [1.29, 1.82) is 0 Å². The molecular formula is C18H16N4O2. The molecule has 0 spiro atoms. The summed E-state index contributed by atoms with van der Waals surface area (Å²) in [6, 6.07) is 20.9. The Bertz CT molecular complexity index is 803. The van der Waals surface area contributed by atoms with Crippen molar-refractivity contribution in [3.63, 3.8) is 0 Å². The van der Waals surface area contributed by atoms with Crippen LogP contribution in [0.5, 0.6) is 0 Å². The Morgan fingerprint density at radius 1 is 0.958 bits per heavy atom. The standard InChI is InChI=1S/C18H16N4O2/c23-22(24)17-10-11-18(19-13-17)15-8-6-14(7-9-15)12-20-21-16-4-2-1-3-5-16/h1-11,13,20-21H,12H2. The Hall–Kier alpha value is -3.25. The first-order valence-corrected chi connectivity index (χ1v) is 7.46. The van der Waals surface area contributed by atoms with E-state index in [2.05, 4.69) is 15.8 Å². The molecule has 24 heavy (non-hydrogen) atoms. The van der Waals surface area contributed by atoms with Crippen LogP contribution in [0.1, 0.15) is 5.56 Å². The van der Waals surface area contributed by atoms with Gasteiger partial charge in [-0.05, 0) is 23.8 Å². The Morgan fingerprint density at radius 3 is 2.33 bits per heavy atom. The van der Waals surface area contributed by atoms with E-state index < -0.39 is 4.92 Å². The highest BCUT2D eigenvalue weighted by atomic mass is 16.6. The number of nitrogens with one attached hydrogen (secondary N) is 2. The van der Waals surface area contributed by atoms with Crippen LogP contribution in [0, 0.1) is 10.1 Å². The minimum absolute atomic E-state index is 0.00782. The van der Waals surface area contributed by atoms with E-state index in [9.17, 15) is 10.1 Å². The molecule has 0 aliphatic carbocycles. The number of hydrazine groups is 1. The number of aromatic nitrogens is 1. The van der Waals surface area contributed by atoms with Gasteiger partial charge in [-0.1, -0.05) is 42.5 Å². The molecule has 2 aromatic carbocycles. The molecular weight excluding hydrogens is 304 g/mol. The summed E-state index contributed by atoms with van der Waals surface area (Å²) in [5.41, 5.74) is 10.0. The molecule has 0 aliphatic heterocycles. The van der Waals surface area contributed by atoms with Gasteiger partial charge in [0.05, 0.1) is 10.6 Å². The van der Waals surface area contributed by atoms with Crippen molar-refractivity contribution in [2.45, 2.75) is 6.54 Å². The highest BCUT2D eigenvalue weighted by Crippen LogP contribution is 2.20. The van der Waals surface area contributed by atoms with Crippen LogP contribution >= 0.6 is 0 Å². The zero-order valence-electron chi connectivity index (χ0n) is 12.8. The van der Waals surface area contributed by atoms with Crippen LogP contribution in [0.2, 0.25) is 0 Å². The van der Waals surface area contributed by atoms with Crippen LogP contribution in [-0.2, 0) is 6.54 Å². The third-order valence-electron chi connectivity index (χ3n) is 3.51. The molecule has 0 bridgehead atoms. The maximum absolute atomic E-state index is 10.6. The molecule has 3 rings (SSSR count). The zero-order chi connectivity index (χ0) is 16.8. The fourth-order valence-corrected chi connectivity index (χ4v) is 2.23. The second kappa shape index (κ2) is 7.34. The summed E-state index contributed by atoms with van der Waals surface area (Å²) in [5, 5.41) is 10.6. The quantitative estimate of drug-likeness (QED) is 0.534. The number of para-hydroxylation sites is 1. The summed E-state index contributed by atoms with van der Waals surface area (Å²) in [6.45, 7) is 0.670. The molecule has 0 saturated carbocycles. The number of rotatable bonds is 6. The van der Waals surface area contributed by atoms with Gasteiger partial charge in [0.15, 0.2) is 0 Å². The predicted molar refractivity (Wildman–Crippen MR) is 93.2 cm³/mol. The highest BCUT2D eigenvalue weighted by Gasteiger charge is 2.06. The Kier molecular flexibility index (Phi) is 4.78. The van der Waals surface area contributed by atoms with Gasteiger partial charge in [0.1, 0.15) is 6.20 Å². The second-order valence-electron chi connectivity index (χ2n) is 5.20. The molecule has 6 heteroatoms. The van der Waals surface area contributed by atoms with E-state index in [0.717, 1.165) is 16.8 Å². The second-order valence-corrected chi connectivity index (χ2v) is 5.20. The Labute approximate surface area is 139 Å². The van der Waals surface area contributed by atoms with Gasteiger partial charge in [-0.25, -0.2) is 10.4 Å². The van der Waals surface area contributed by atoms with Gasteiger partial charge < -0.3 is 5.43 Å². The number of hydrogen-bond acceptors (Lipinski definition) is 5. The SMILES string of the molecule is O=[N+]([O-])c1ccc(-c2ccc(CNNc3ccccc3)cc2)nc1. The number of nitro groups is 1. The van der Waals surface area contributed by atoms with Crippen LogP contribution < -0.4 is 10.9 Å². The van der Waals surface area contributed by atoms with Crippen LogP contribution in [-0.4, -0.2) is 9.91 Å². The maximum Gasteiger partial charge on any atom is 0.287 e. The fraction of sp³-hybridized carbons (Fsp3) is 0.0556. The van der Waals surface area contributed by atoms with Crippen LogP contribution in [0.25, 0.3) is 11.3 Å². The average molecular weight is 320 g/mol. The maximum atomic E-state index is 10.6. The topological polar surface area (TPSA) is 80.1 Å². The third kappa shape index (κ3) is 3.93. The van der Waals surface area contributed by atoms with Crippen molar-refractivity contribution in [3.8, 4) is 11.3 Å². The number of anilines is 1. The summed E-state index contributed by atoms with van der Waals surface area (Å²) in [5.74, 6) is 0. The zero-order valence-corrected chi connectivity index (χ0v) is 12.8. The van der Waals surface area contributed by atoms with E-state index in [1.165, 1.54) is 12.3 Å². The van der Waals surface area contributed by atoms with Gasteiger partial charge in [0.25, 0.3) is 5.69 Å². The largest absolute Gasteiger partial charge is 0.321 e. The lowest BCUT2D eigenvalue weighted by molar-refractivity contribution is -0.385. The van der Waals surface area contributed by atoms with Crippen molar-refractivity contribution in [2.24, 2.45) is 0 Å². The van der Waals surface area contributed by atoms with Crippen molar-refractivity contribution in [2.75, 3.05) is 5.43 Å². The van der Waals surface area contributed by atoms with Crippen LogP contribution in [0.4, 0.5) is 11.4 Å². The number of nitrogens with zero attached hydrogens (tertiary/aromatic N) is 2. The summed E-state index contributed by atoms with van der Waals surface area (Å²) in [6.07, 6.45) is 1.27. The molecule has 0 atom stereocenters. The molecule has 0 saturated heterocycles. The molecule has 3 aromatic rings. The van der Waals surface area contributed by atoms with Gasteiger partial charge in [-0.3, -0.25) is 10.1 Å². The van der Waals surface area contributed by atoms with E-state index in [1.807, 2.05) is 54.6 Å². The summed E-state index contributed by atoms with van der Waals surface area (Å²) < 4.78 is 0. The van der Waals surface area contributed by atoms with Crippen LogP contribution in [0.15, 0.2) is 72.9 Å². The molecule has 0 radical (unpaired) electrons. The third-order valence-corrected chi connectivity index (χ3v) is 3.51. The van der Waals surface area contributed by atoms with Crippen molar-refractivity contribution in [3.05, 3.63) is 88.6 Å². The molecule has 0 aliphatic rings. The molecule has 1 aromatic heterocycles. The first kappa shape index (κ1) is 15.6. The monoisotopic (exact) mass is 320 g/mol. The number of pyridine rings is 1. The van der Waals surface area contributed by atoms with Crippen molar-refractivity contribution < 1.29 is 4.92 Å². The lowest BCUT2D eigenvalue weighted by Gasteiger charge is -2.09. The molecule has 1 heterocycles. The molecule has 120 valence electrons. The van der Waals surface area contributed by atoms with E-state index >= 15 is 0 Å². The highest BCUT2D eigenvalue weighted by molar-refractivity contribution is 5.60. The van der Waals surface area contributed by atoms with Crippen molar-refractivity contribution in [1.82, 2.24) is 10.4 Å². The van der Waals surface area contributed by atoms with Gasteiger partial charge in [0.2, 0.25) is 0 Å². The molecule has 6 nitrogen and oxygen atoms in total. The van der Waals surface area contributed by atoms with Gasteiger partial charge in [0, 0.05) is 23.9 Å². The minimum Gasteiger partial charge on any atom is -0.321 e. The first-order chi connectivity index (χ1) is 11.7. The van der Waals surface area contributed by atoms with Gasteiger partial charge >= 0.3 is 0 Å². The van der Waals surface area contributed by atoms with E-state index in [-0.39, 0.29) is 5.69 Å². The summed E-state index contributed by atoms with van der Waals surface area (Å²) in [4.78, 5) is 14.3. The Balaban J connectivity index is 1.59. The summed E-state index contributed by atoms with van der Waals surface area (Å²) in [7, 11) is 0. The van der Waals surface area contributed by atoms with Crippen molar-refractivity contribution >= 4 is 11.4 Å². The predicted octanol–water partition coefficient (Wildman–Crippen LogP) is 3.77. The van der Waals surface area contributed by atoms with Crippen LogP contribution in [0.3, 0.4) is 0 Å². The summed E-state index contributed by atoms with van der Waals surface area (Å²) >= 11 is 0.